The number of hydrazone groups is 2. The van der Waals surface area contributed by atoms with Gasteiger partial charge < -0.3 is 0 Å². The highest BCUT2D eigenvalue weighted by Gasteiger charge is 2.40. The highest BCUT2D eigenvalue weighted by molar-refractivity contribution is 6.28. The van der Waals surface area contributed by atoms with E-state index in [1.165, 1.54) is 10.0 Å². The molecule has 2 aliphatic rings. The van der Waals surface area contributed by atoms with Gasteiger partial charge in [-0.1, -0.05) is 63.8 Å². The van der Waals surface area contributed by atoms with E-state index in [0.29, 0.717) is 35.6 Å². The average Bonchev–Trinajstić information content (AvgIpc) is 3.27. The standard InChI is InChI=1S/C26H34N4O4/c1-5-7-9-15-29-25(33)21(17(3)27-29)23(31)19-11-13-20(14-12-19)24(32)22-18(4)28-30(26(22)34)16-10-8-6-2/h11-14,21-22H,5-10,15-16H2,1-4H3. The minimum Gasteiger partial charge on any atom is -0.293 e. The van der Waals surface area contributed by atoms with Gasteiger partial charge in [0.1, 0.15) is 11.8 Å². The van der Waals surface area contributed by atoms with E-state index in [4.69, 9.17) is 0 Å². The van der Waals surface area contributed by atoms with Crippen LogP contribution in [-0.4, -0.2) is 57.9 Å². The number of unbranched alkanes of at least 4 members (excludes halogenated alkanes) is 4. The quantitative estimate of drug-likeness (QED) is 0.263. The molecule has 1 aromatic carbocycles. The maximum Gasteiger partial charge on any atom is 0.259 e. The summed E-state index contributed by atoms with van der Waals surface area (Å²) in [6.45, 7) is 8.57. The Morgan fingerprint density at radius 3 is 1.38 bits per heavy atom. The van der Waals surface area contributed by atoms with Crippen LogP contribution in [0.25, 0.3) is 0 Å². The summed E-state index contributed by atoms with van der Waals surface area (Å²) in [4.78, 5) is 51.6. The molecule has 34 heavy (non-hydrogen) atoms. The van der Waals surface area contributed by atoms with Gasteiger partial charge in [0.05, 0.1) is 11.4 Å². The van der Waals surface area contributed by atoms with Crippen molar-refractivity contribution in [2.24, 2.45) is 22.0 Å². The molecule has 0 saturated carbocycles. The van der Waals surface area contributed by atoms with Crippen molar-refractivity contribution in [1.29, 1.82) is 0 Å². The van der Waals surface area contributed by atoms with Crippen LogP contribution >= 0.6 is 0 Å². The molecular formula is C26H34N4O4. The molecular weight excluding hydrogens is 432 g/mol. The normalized spacial score (nSPS) is 20.1. The summed E-state index contributed by atoms with van der Waals surface area (Å²) in [5.41, 5.74) is 1.64. The molecule has 0 aromatic heterocycles. The monoisotopic (exact) mass is 466 g/mol. The molecule has 8 heteroatoms. The number of carbonyl (C=O) groups is 4. The lowest BCUT2D eigenvalue weighted by Gasteiger charge is -2.14. The van der Waals surface area contributed by atoms with Gasteiger partial charge in [-0.15, -0.1) is 0 Å². The Morgan fingerprint density at radius 2 is 1.06 bits per heavy atom. The molecule has 2 aliphatic heterocycles. The lowest BCUT2D eigenvalue weighted by Crippen LogP contribution is -2.34. The number of ketones is 2. The molecule has 0 bridgehead atoms. The highest BCUT2D eigenvalue weighted by atomic mass is 16.2. The molecule has 0 aliphatic carbocycles. The minimum absolute atomic E-state index is 0.301. The number of rotatable bonds is 12. The van der Waals surface area contributed by atoms with Crippen molar-refractivity contribution in [3.63, 3.8) is 0 Å². The zero-order valence-electron chi connectivity index (χ0n) is 20.5. The third-order valence-electron chi connectivity index (χ3n) is 6.32. The number of Topliss-reactive ketones (excluding diaryl/α,β-unsaturated/α-hetero) is 2. The van der Waals surface area contributed by atoms with Gasteiger partial charge in [0, 0.05) is 24.2 Å². The Morgan fingerprint density at radius 1 is 0.706 bits per heavy atom. The predicted octanol–water partition coefficient (Wildman–Crippen LogP) is 4.10. The topological polar surface area (TPSA) is 99.5 Å². The molecule has 1 aromatic rings. The molecule has 2 unspecified atom stereocenters. The van der Waals surface area contributed by atoms with Gasteiger partial charge in [-0.3, -0.25) is 19.2 Å². The summed E-state index contributed by atoms with van der Waals surface area (Å²) >= 11 is 0. The van der Waals surface area contributed by atoms with Crippen LogP contribution < -0.4 is 0 Å². The van der Waals surface area contributed by atoms with Crippen LogP contribution in [0.2, 0.25) is 0 Å². The van der Waals surface area contributed by atoms with Crippen molar-refractivity contribution < 1.29 is 19.2 Å². The third-order valence-corrected chi connectivity index (χ3v) is 6.32. The summed E-state index contributed by atoms with van der Waals surface area (Å²) < 4.78 is 0. The van der Waals surface area contributed by atoms with Crippen molar-refractivity contribution in [1.82, 2.24) is 10.0 Å². The fourth-order valence-electron chi connectivity index (χ4n) is 4.33. The smallest absolute Gasteiger partial charge is 0.259 e. The van der Waals surface area contributed by atoms with Crippen molar-refractivity contribution >= 4 is 34.8 Å². The van der Waals surface area contributed by atoms with E-state index in [9.17, 15) is 19.2 Å². The second-order valence-corrected chi connectivity index (χ2v) is 8.99. The van der Waals surface area contributed by atoms with Crippen LogP contribution in [0.3, 0.4) is 0 Å². The Labute approximate surface area is 201 Å². The number of nitrogens with zero attached hydrogens (tertiary/aromatic N) is 4. The van der Waals surface area contributed by atoms with Crippen LogP contribution in [0.15, 0.2) is 34.5 Å². The fraction of sp³-hybridized carbons (Fsp3) is 0.538. The Hall–Kier alpha value is -3.16. The van der Waals surface area contributed by atoms with Crippen molar-refractivity contribution in [3.05, 3.63) is 35.4 Å². The van der Waals surface area contributed by atoms with Crippen molar-refractivity contribution in [3.8, 4) is 0 Å². The molecule has 3 rings (SSSR count). The largest absolute Gasteiger partial charge is 0.293 e. The van der Waals surface area contributed by atoms with Crippen LogP contribution in [0.4, 0.5) is 0 Å². The number of benzene rings is 1. The van der Waals surface area contributed by atoms with E-state index in [-0.39, 0.29) is 23.4 Å². The molecule has 0 saturated heterocycles. The first-order valence-electron chi connectivity index (χ1n) is 12.2. The average molecular weight is 467 g/mol. The summed E-state index contributed by atoms with van der Waals surface area (Å²) in [5.74, 6) is -3.12. The predicted molar refractivity (Wildman–Crippen MR) is 131 cm³/mol. The van der Waals surface area contributed by atoms with Crippen LogP contribution in [0.1, 0.15) is 86.9 Å². The van der Waals surface area contributed by atoms with E-state index in [1.54, 1.807) is 38.1 Å². The lowest BCUT2D eigenvalue weighted by atomic mass is 9.90. The van der Waals surface area contributed by atoms with Crippen LogP contribution in [-0.2, 0) is 9.59 Å². The molecule has 182 valence electrons. The number of hydrogen-bond acceptors (Lipinski definition) is 6. The van der Waals surface area contributed by atoms with Gasteiger partial charge in [-0.2, -0.15) is 10.2 Å². The molecule has 8 nitrogen and oxygen atoms in total. The first-order chi connectivity index (χ1) is 16.3. The maximum absolute atomic E-state index is 13.1. The van der Waals surface area contributed by atoms with Gasteiger partial charge in [0.15, 0.2) is 11.6 Å². The number of hydrogen-bond donors (Lipinski definition) is 0. The fourth-order valence-corrected chi connectivity index (χ4v) is 4.33. The SMILES string of the molecule is CCCCCN1N=C(C)C(C(=O)c2ccc(C(=O)C3C(=O)N(CCCCC)N=C3C)cc2)C1=O. The maximum atomic E-state index is 13.1. The van der Waals surface area contributed by atoms with Crippen LogP contribution in [0.5, 0.6) is 0 Å². The first-order valence-corrected chi connectivity index (χ1v) is 12.2. The Kier molecular flexibility index (Phi) is 8.47. The second kappa shape index (κ2) is 11.3. The second-order valence-electron chi connectivity index (χ2n) is 8.99. The Balaban J connectivity index is 1.67. The molecule has 0 radical (unpaired) electrons. The summed E-state index contributed by atoms with van der Waals surface area (Å²) in [6, 6.07) is 6.17. The van der Waals surface area contributed by atoms with E-state index >= 15 is 0 Å². The molecule has 0 N–H and O–H groups in total. The van der Waals surface area contributed by atoms with Crippen molar-refractivity contribution in [2.75, 3.05) is 13.1 Å². The van der Waals surface area contributed by atoms with Crippen molar-refractivity contribution in [2.45, 2.75) is 66.2 Å². The Bertz CT molecular complexity index is 931. The third kappa shape index (κ3) is 5.32. The highest BCUT2D eigenvalue weighted by Crippen LogP contribution is 2.24. The van der Waals surface area contributed by atoms with Gasteiger partial charge in [0.25, 0.3) is 11.8 Å². The molecule has 2 atom stereocenters. The van der Waals surface area contributed by atoms with E-state index in [0.717, 1.165) is 38.5 Å². The lowest BCUT2D eigenvalue weighted by molar-refractivity contribution is -0.131. The number of carbonyl (C=O) groups excluding carboxylic acids is 4. The van der Waals surface area contributed by atoms with Crippen LogP contribution in [0, 0.1) is 11.8 Å². The van der Waals surface area contributed by atoms with E-state index < -0.39 is 11.8 Å². The minimum atomic E-state index is -0.925. The molecule has 0 spiro atoms. The number of amides is 2. The molecule has 0 fully saturated rings. The summed E-state index contributed by atoms with van der Waals surface area (Å²) in [7, 11) is 0. The van der Waals surface area contributed by atoms with E-state index in [1.807, 2.05) is 0 Å². The van der Waals surface area contributed by atoms with Gasteiger partial charge >= 0.3 is 0 Å². The van der Waals surface area contributed by atoms with Gasteiger partial charge in [-0.25, -0.2) is 10.0 Å². The first kappa shape index (κ1) is 25.5. The van der Waals surface area contributed by atoms with Gasteiger partial charge in [-0.05, 0) is 26.7 Å². The molecule has 2 amide bonds. The summed E-state index contributed by atoms with van der Waals surface area (Å²) in [6.07, 6.45) is 5.75. The summed E-state index contributed by atoms with van der Waals surface area (Å²) in [5, 5.41) is 11.4. The van der Waals surface area contributed by atoms with E-state index in [2.05, 4.69) is 24.1 Å². The molecule has 2 heterocycles. The zero-order chi connectivity index (χ0) is 24.8. The zero-order valence-corrected chi connectivity index (χ0v) is 20.5. The van der Waals surface area contributed by atoms with Gasteiger partial charge in [0.2, 0.25) is 0 Å².